The lowest BCUT2D eigenvalue weighted by Gasteiger charge is -2.42. The number of carbonyl (C=O) groups is 1. The van der Waals surface area contributed by atoms with Crippen LogP contribution in [0.3, 0.4) is 0 Å². The Kier molecular flexibility index (Phi) is 9.73. The maximum absolute atomic E-state index is 12.8. The van der Waals surface area contributed by atoms with Crippen molar-refractivity contribution in [2.75, 3.05) is 31.6 Å². The van der Waals surface area contributed by atoms with Crippen LogP contribution in [0.4, 0.5) is 5.69 Å². The largest absolute Gasteiger partial charge is 0.497 e. The number of aromatic nitrogens is 2. The molecule has 4 rings (SSSR count). The van der Waals surface area contributed by atoms with Gasteiger partial charge in [-0.2, -0.15) is 5.26 Å². The summed E-state index contributed by atoms with van der Waals surface area (Å²) >= 11 is 0. The number of carbonyl (C=O) groups excluding carboxylic acids is 1. The molecule has 40 heavy (non-hydrogen) atoms. The quantitative estimate of drug-likeness (QED) is 0.388. The number of aryl methyl sites for hydroxylation is 3. The molecule has 210 valence electrons. The molecule has 2 aromatic heterocycles. The minimum atomic E-state index is -0.126. The number of rotatable bonds is 10. The second-order valence-electron chi connectivity index (χ2n) is 10.7. The van der Waals surface area contributed by atoms with Crippen molar-refractivity contribution >= 4 is 11.6 Å². The Balaban J connectivity index is 1.34. The van der Waals surface area contributed by atoms with Crippen molar-refractivity contribution in [3.63, 3.8) is 0 Å². The van der Waals surface area contributed by atoms with Crippen molar-refractivity contribution in [1.29, 1.82) is 5.26 Å². The summed E-state index contributed by atoms with van der Waals surface area (Å²) in [5, 5.41) is 12.2. The number of anilines is 1. The van der Waals surface area contributed by atoms with Crippen molar-refractivity contribution < 1.29 is 9.53 Å². The maximum Gasteiger partial charge on any atom is 0.253 e. The van der Waals surface area contributed by atoms with Gasteiger partial charge in [0.2, 0.25) is 0 Å². The van der Waals surface area contributed by atoms with E-state index in [1.807, 2.05) is 37.5 Å². The summed E-state index contributed by atoms with van der Waals surface area (Å²) in [6.45, 7) is 11.5. The Bertz CT molecular complexity index is 1320. The number of nitrogens with zero attached hydrogens (tertiary/aromatic N) is 5. The molecule has 8 nitrogen and oxygen atoms in total. The number of hydrogen-bond acceptors (Lipinski definition) is 7. The van der Waals surface area contributed by atoms with Crippen LogP contribution >= 0.6 is 0 Å². The maximum atomic E-state index is 12.8. The normalized spacial score (nSPS) is 14.8. The molecule has 0 radical (unpaired) electrons. The first-order chi connectivity index (χ1) is 19.3. The molecule has 8 heteroatoms. The summed E-state index contributed by atoms with van der Waals surface area (Å²) < 4.78 is 5.39. The summed E-state index contributed by atoms with van der Waals surface area (Å²) in [6, 6.07) is 14.9. The van der Waals surface area contributed by atoms with Gasteiger partial charge in [0.1, 0.15) is 17.5 Å². The number of methoxy groups -OCH3 is 1. The first-order valence-electron chi connectivity index (χ1n) is 14.0. The van der Waals surface area contributed by atoms with Crippen LogP contribution in [0.25, 0.3) is 0 Å². The van der Waals surface area contributed by atoms with Gasteiger partial charge >= 0.3 is 0 Å². The Morgan fingerprint density at radius 3 is 2.52 bits per heavy atom. The number of nitriles is 1. The molecule has 0 spiro atoms. The Labute approximate surface area is 238 Å². The van der Waals surface area contributed by atoms with E-state index in [1.54, 1.807) is 20.1 Å². The van der Waals surface area contributed by atoms with E-state index in [1.165, 1.54) is 16.8 Å². The molecule has 0 saturated carbocycles. The number of pyridine rings is 2. The van der Waals surface area contributed by atoms with Crippen LogP contribution < -0.4 is 15.0 Å². The van der Waals surface area contributed by atoms with Gasteiger partial charge in [0.05, 0.1) is 18.4 Å². The molecule has 1 saturated heterocycles. The second-order valence-corrected chi connectivity index (χ2v) is 10.7. The smallest absolute Gasteiger partial charge is 0.253 e. The summed E-state index contributed by atoms with van der Waals surface area (Å²) in [5.74, 6) is 0.733. The summed E-state index contributed by atoms with van der Waals surface area (Å²) in [4.78, 5) is 26.5. The van der Waals surface area contributed by atoms with Crippen LogP contribution in [0.5, 0.6) is 5.75 Å². The van der Waals surface area contributed by atoms with Gasteiger partial charge in [-0.1, -0.05) is 0 Å². The highest BCUT2D eigenvalue weighted by Crippen LogP contribution is 2.29. The van der Waals surface area contributed by atoms with E-state index < -0.39 is 0 Å². The van der Waals surface area contributed by atoms with E-state index in [9.17, 15) is 4.79 Å². The lowest BCUT2D eigenvalue weighted by atomic mass is 9.99. The van der Waals surface area contributed by atoms with Crippen LogP contribution in [0.1, 0.15) is 64.6 Å². The van der Waals surface area contributed by atoms with Crippen LogP contribution in [-0.2, 0) is 6.54 Å². The number of amides is 1. The zero-order valence-electron chi connectivity index (χ0n) is 24.3. The molecule has 0 aliphatic carbocycles. The van der Waals surface area contributed by atoms with E-state index >= 15 is 0 Å². The van der Waals surface area contributed by atoms with Crippen LogP contribution in [0, 0.1) is 32.1 Å². The zero-order chi connectivity index (χ0) is 28.6. The monoisotopic (exact) mass is 540 g/mol. The molecule has 1 atom stereocenters. The molecule has 0 unspecified atom stereocenters. The molecule has 1 aliphatic rings. The van der Waals surface area contributed by atoms with Crippen LogP contribution in [0.2, 0.25) is 0 Å². The van der Waals surface area contributed by atoms with Crippen molar-refractivity contribution in [1.82, 2.24) is 20.2 Å². The molecular formula is C32H40N6O2. The zero-order valence-corrected chi connectivity index (χ0v) is 24.3. The average molecular weight is 541 g/mol. The van der Waals surface area contributed by atoms with Crippen LogP contribution in [0.15, 0.2) is 48.8 Å². The van der Waals surface area contributed by atoms with E-state index in [4.69, 9.17) is 10.00 Å². The fraction of sp³-hybridized carbons (Fsp3) is 0.438. The van der Waals surface area contributed by atoms with Gasteiger partial charge in [-0.05, 0) is 100 Å². The Morgan fingerprint density at radius 1 is 1.18 bits per heavy atom. The predicted molar refractivity (Wildman–Crippen MR) is 158 cm³/mol. The Hall–Kier alpha value is -3.96. The van der Waals surface area contributed by atoms with Gasteiger partial charge in [0.15, 0.2) is 0 Å². The van der Waals surface area contributed by atoms with Crippen LogP contribution in [-0.4, -0.2) is 59.6 Å². The van der Waals surface area contributed by atoms with Gasteiger partial charge in [-0.25, -0.2) is 4.98 Å². The molecule has 3 heterocycles. The standard InChI is InChI=1S/C32H40N6O2/c1-22-10-14-34-20-26(22)21-38(28-6-8-30(40-5)9-7-28)29-12-16-37(17-13-29)24(3)11-15-35-32(39)31-23(2)18-27(19-33)36-25(31)4/h6-10,14,18,20,24,29H,11-13,15-17,21H2,1-5H3,(H,35,39)/t24-/m1/s1. The fourth-order valence-corrected chi connectivity index (χ4v) is 5.59. The van der Waals surface area contributed by atoms with Gasteiger partial charge in [0.25, 0.3) is 5.91 Å². The molecule has 0 bridgehead atoms. The third kappa shape index (κ3) is 6.97. The minimum absolute atomic E-state index is 0.126. The summed E-state index contributed by atoms with van der Waals surface area (Å²) in [5.41, 5.74) is 5.96. The van der Waals surface area contributed by atoms with E-state index in [-0.39, 0.29) is 5.91 Å². The first-order valence-corrected chi connectivity index (χ1v) is 14.0. The molecule has 1 aromatic carbocycles. The van der Waals surface area contributed by atoms with Gasteiger partial charge in [0, 0.05) is 56.3 Å². The van der Waals surface area contributed by atoms with Crippen molar-refractivity contribution in [3.8, 4) is 11.8 Å². The third-order valence-corrected chi connectivity index (χ3v) is 8.04. The van der Waals surface area contributed by atoms with E-state index in [0.717, 1.165) is 50.2 Å². The van der Waals surface area contributed by atoms with Gasteiger partial charge in [-0.3, -0.25) is 9.78 Å². The molecular weight excluding hydrogens is 500 g/mol. The highest BCUT2D eigenvalue weighted by atomic mass is 16.5. The first kappa shape index (κ1) is 29.0. The number of likely N-dealkylation sites (tertiary alicyclic amines) is 1. The highest BCUT2D eigenvalue weighted by molar-refractivity contribution is 5.96. The topological polar surface area (TPSA) is 94.4 Å². The highest BCUT2D eigenvalue weighted by Gasteiger charge is 2.28. The predicted octanol–water partition coefficient (Wildman–Crippen LogP) is 4.96. The van der Waals surface area contributed by atoms with Gasteiger partial charge < -0.3 is 19.9 Å². The number of hydrogen-bond donors (Lipinski definition) is 1. The van der Waals surface area contributed by atoms with Crippen molar-refractivity contribution in [2.24, 2.45) is 0 Å². The van der Waals surface area contributed by atoms with Crippen molar-refractivity contribution in [3.05, 3.63) is 82.4 Å². The number of piperidine rings is 1. The van der Waals surface area contributed by atoms with E-state index in [2.05, 4.69) is 57.1 Å². The lowest BCUT2D eigenvalue weighted by molar-refractivity contribution is 0.0943. The molecule has 1 amide bonds. The number of benzene rings is 1. The second kappa shape index (κ2) is 13.4. The molecule has 1 aliphatic heterocycles. The Morgan fingerprint density at radius 2 is 1.90 bits per heavy atom. The number of ether oxygens (including phenoxy) is 1. The van der Waals surface area contributed by atoms with Crippen molar-refractivity contribution in [2.45, 2.75) is 65.6 Å². The summed E-state index contributed by atoms with van der Waals surface area (Å²) in [7, 11) is 1.69. The third-order valence-electron chi connectivity index (χ3n) is 8.04. The fourth-order valence-electron chi connectivity index (χ4n) is 5.59. The lowest BCUT2D eigenvalue weighted by Crippen LogP contribution is -2.48. The molecule has 1 fully saturated rings. The minimum Gasteiger partial charge on any atom is -0.497 e. The number of nitrogens with one attached hydrogen (secondary N) is 1. The average Bonchev–Trinajstić information content (AvgIpc) is 2.96. The molecule has 3 aromatic rings. The molecule has 1 N–H and O–H groups in total. The van der Waals surface area contributed by atoms with Gasteiger partial charge in [-0.15, -0.1) is 0 Å². The summed E-state index contributed by atoms with van der Waals surface area (Å²) in [6.07, 6.45) is 6.83. The van der Waals surface area contributed by atoms with E-state index in [0.29, 0.717) is 35.6 Å². The SMILES string of the molecule is COc1ccc(N(Cc2cnccc2C)C2CCN([C@H](C)CCNC(=O)c3c(C)cc(C#N)nc3C)CC2)cc1.